The summed E-state index contributed by atoms with van der Waals surface area (Å²) in [5.41, 5.74) is 0.563. The molecule has 196 valence electrons. The maximum Gasteiger partial charge on any atom is 0.337 e. The smallest absolute Gasteiger partial charge is 0.337 e. The van der Waals surface area contributed by atoms with Gasteiger partial charge in [-0.3, -0.25) is 4.72 Å². The number of esters is 1. The molecule has 2 aliphatic rings. The molecule has 37 heavy (non-hydrogen) atoms. The number of carbonyl (C=O) groups is 1. The average Bonchev–Trinajstić information content (AvgIpc) is 3.46. The molecule has 1 atom stereocenters. The van der Waals surface area contributed by atoms with Gasteiger partial charge in [-0.15, -0.1) is 5.10 Å². The van der Waals surface area contributed by atoms with Crippen LogP contribution >= 0.6 is 0 Å². The van der Waals surface area contributed by atoms with Gasteiger partial charge in [-0.1, -0.05) is 19.9 Å². The second-order valence-electron chi connectivity index (χ2n) is 10.2. The lowest BCUT2D eigenvalue weighted by atomic mass is 9.89. The van der Waals surface area contributed by atoms with E-state index in [4.69, 9.17) is 9.47 Å². The van der Waals surface area contributed by atoms with Gasteiger partial charge in [0.15, 0.2) is 5.82 Å². The highest BCUT2D eigenvalue weighted by Gasteiger charge is 2.37. The number of hydrogen-bond donors (Lipinski definition) is 1. The van der Waals surface area contributed by atoms with Crippen LogP contribution in [0.2, 0.25) is 0 Å². The number of hydrogen-bond acceptors (Lipinski definition) is 8. The number of nitrogens with one attached hydrogen (secondary N) is 1. The predicted octanol–water partition coefficient (Wildman–Crippen LogP) is 4.22. The molecule has 1 N–H and O–H groups in total. The Morgan fingerprint density at radius 2 is 1.97 bits per heavy atom. The molecule has 1 aromatic heterocycles. The Labute approximate surface area is 214 Å². The fourth-order valence-corrected chi connectivity index (χ4v) is 6.16. The molecule has 0 saturated heterocycles. The summed E-state index contributed by atoms with van der Waals surface area (Å²) >= 11 is 0. The molecule has 0 bridgehead atoms. The lowest BCUT2D eigenvalue weighted by Crippen LogP contribution is -2.29. The van der Waals surface area contributed by atoms with Crippen molar-refractivity contribution in [2.45, 2.75) is 62.9 Å². The average molecular weight is 530 g/mol. The zero-order valence-electron chi connectivity index (χ0n) is 20.8. The summed E-state index contributed by atoms with van der Waals surface area (Å²) in [7, 11) is -2.98. The highest BCUT2D eigenvalue weighted by atomic mass is 32.2. The van der Waals surface area contributed by atoms with Crippen molar-refractivity contribution in [3.05, 3.63) is 53.6 Å². The topological polar surface area (TPSA) is 125 Å². The summed E-state index contributed by atoms with van der Waals surface area (Å²) in [5, 5.41) is 10.8. The van der Waals surface area contributed by atoms with Gasteiger partial charge in [0.2, 0.25) is 0 Å². The molecule has 10 nitrogen and oxygen atoms in total. The minimum atomic E-state index is -4.22. The summed E-state index contributed by atoms with van der Waals surface area (Å²) in [4.78, 5) is 12.1. The van der Waals surface area contributed by atoms with E-state index in [1.165, 1.54) is 25.6 Å². The van der Waals surface area contributed by atoms with Crippen LogP contribution in [0.15, 0.2) is 41.6 Å². The number of nitrogens with zero attached hydrogens (tertiary/aromatic N) is 4. The van der Waals surface area contributed by atoms with Crippen LogP contribution in [0.4, 0.5) is 10.1 Å². The van der Waals surface area contributed by atoms with Gasteiger partial charge in [0.05, 0.1) is 23.3 Å². The Balaban J connectivity index is 1.58. The molecule has 1 unspecified atom stereocenters. The van der Waals surface area contributed by atoms with Crippen molar-refractivity contribution >= 4 is 21.7 Å². The third-order valence-electron chi connectivity index (χ3n) is 7.06. The van der Waals surface area contributed by atoms with E-state index >= 15 is 4.39 Å². The summed E-state index contributed by atoms with van der Waals surface area (Å²) < 4.78 is 57.4. The molecule has 2 aliphatic carbocycles. The van der Waals surface area contributed by atoms with Crippen molar-refractivity contribution < 1.29 is 27.1 Å². The van der Waals surface area contributed by atoms with Crippen molar-refractivity contribution in [2.24, 2.45) is 5.41 Å². The Morgan fingerprint density at radius 3 is 2.59 bits per heavy atom. The third-order valence-corrected chi connectivity index (χ3v) is 8.48. The molecule has 0 spiro atoms. The molecule has 0 radical (unpaired) electrons. The van der Waals surface area contributed by atoms with Crippen LogP contribution < -0.4 is 9.46 Å². The number of anilines is 1. The normalized spacial score (nSPS) is 19.0. The van der Waals surface area contributed by atoms with Crippen molar-refractivity contribution in [3.8, 4) is 11.4 Å². The first-order chi connectivity index (χ1) is 17.6. The van der Waals surface area contributed by atoms with Gasteiger partial charge in [-0.05, 0) is 72.2 Å². The number of rotatable bonds is 8. The molecule has 3 aromatic rings. The fourth-order valence-electron chi connectivity index (χ4n) is 4.78. The summed E-state index contributed by atoms with van der Waals surface area (Å²) in [6.07, 6.45) is 5.35. The summed E-state index contributed by atoms with van der Waals surface area (Å²) in [6.45, 7) is 4.14. The van der Waals surface area contributed by atoms with Gasteiger partial charge >= 0.3 is 5.97 Å². The molecule has 2 aromatic carbocycles. The zero-order valence-corrected chi connectivity index (χ0v) is 21.6. The van der Waals surface area contributed by atoms with Crippen LogP contribution in [0.1, 0.15) is 67.8 Å². The Kier molecular flexibility index (Phi) is 6.38. The molecule has 12 heteroatoms. The summed E-state index contributed by atoms with van der Waals surface area (Å²) in [6, 6.07) is 6.97. The minimum absolute atomic E-state index is 0.0293. The number of sulfonamides is 1. The van der Waals surface area contributed by atoms with Crippen LogP contribution in [0.25, 0.3) is 5.69 Å². The molecule has 2 saturated carbocycles. The van der Waals surface area contributed by atoms with E-state index in [0.29, 0.717) is 5.56 Å². The fraction of sp³-hybridized carbons (Fsp3) is 0.440. The van der Waals surface area contributed by atoms with E-state index < -0.39 is 21.8 Å². The number of carbonyl (C=O) groups excluding carboxylic acids is 1. The van der Waals surface area contributed by atoms with Crippen LogP contribution in [-0.4, -0.2) is 47.8 Å². The highest BCUT2D eigenvalue weighted by molar-refractivity contribution is 7.92. The first-order valence-corrected chi connectivity index (χ1v) is 13.6. The lowest BCUT2D eigenvalue weighted by molar-refractivity contribution is 0.0600. The molecular weight excluding hydrogens is 501 g/mol. The Bertz CT molecular complexity index is 1440. The number of aromatic nitrogens is 4. The standard InChI is InChI=1S/C25H28FN5O5S/c1-25(2)10-4-5-23(25)36-21-12-18(26)20(31-14-27-29-30-31)13-19(21)28-37(33,34)22-11-16(24(32)35-3)8-9-17(22)15-6-7-15/h8-9,11-15,23,28H,4-7,10H2,1-3H3. The maximum atomic E-state index is 15.1. The van der Waals surface area contributed by atoms with Gasteiger partial charge in [0, 0.05) is 11.5 Å². The number of ether oxygens (including phenoxy) is 2. The van der Waals surface area contributed by atoms with E-state index in [-0.39, 0.29) is 45.0 Å². The van der Waals surface area contributed by atoms with Crippen molar-refractivity contribution in [2.75, 3.05) is 11.8 Å². The number of benzene rings is 2. The lowest BCUT2D eigenvalue weighted by Gasteiger charge is -2.29. The predicted molar refractivity (Wildman–Crippen MR) is 132 cm³/mol. The van der Waals surface area contributed by atoms with Gasteiger partial charge in [-0.2, -0.15) is 4.68 Å². The van der Waals surface area contributed by atoms with Crippen molar-refractivity contribution in [1.82, 2.24) is 20.2 Å². The largest absolute Gasteiger partial charge is 0.488 e. The molecule has 0 amide bonds. The number of halogens is 1. The SMILES string of the molecule is COC(=O)c1ccc(C2CC2)c(S(=O)(=O)Nc2cc(-n3cnnn3)c(F)cc2OC2CCCC2(C)C)c1. The minimum Gasteiger partial charge on any atom is -0.488 e. The monoisotopic (exact) mass is 529 g/mol. The summed E-state index contributed by atoms with van der Waals surface area (Å²) in [5.74, 6) is -1.17. The first kappa shape index (κ1) is 25.1. The van der Waals surface area contributed by atoms with E-state index in [1.807, 2.05) is 0 Å². The van der Waals surface area contributed by atoms with Crippen molar-refractivity contribution in [1.29, 1.82) is 0 Å². The quantitative estimate of drug-likeness (QED) is 0.430. The first-order valence-electron chi connectivity index (χ1n) is 12.1. The van der Waals surface area contributed by atoms with E-state index in [0.717, 1.165) is 42.9 Å². The second kappa shape index (κ2) is 9.40. The van der Waals surface area contributed by atoms with E-state index in [9.17, 15) is 13.2 Å². The highest BCUT2D eigenvalue weighted by Crippen LogP contribution is 2.45. The van der Waals surface area contributed by atoms with Crippen molar-refractivity contribution in [3.63, 3.8) is 0 Å². The van der Waals surface area contributed by atoms with Gasteiger partial charge in [0.1, 0.15) is 23.9 Å². The Hall–Kier alpha value is -3.54. The van der Waals surface area contributed by atoms with Crippen LogP contribution in [0, 0.1) is 11.2 Å². The number of methoxy groups -OCH3 is 1. The zero-order chi connectivity index (χ0) is 26.4. The molecule has 1 heterocycles. The third kappa shape index (κ3) is 5.02. The van der Waals surface area contributed by atoms with E-state index in [2.05, 4.69) is 34.1 Å². The molecule has 2 fully saturated rings. The maximum absolute atomic E-state index is 15.1. The number of tetrazole rings is 1. The van der Waals surface area contributed by atoms with Gasteiger partial charge in [0.25, 0.3) is 10.0 Å². The van der Waals surface area contributed by atoms with Crippen LogP contribution in [0.3, 0.4) is 0 Å². The molecule has 5 rings (SSSR count). The van der Waals surface area contributed by atoms with Crippen LogP contribution in [-0.2, 0) is 14.8 Å². The van der Waals surface area contributed by atoms with Gasteiger partial charge in [-0.25, -0.2) is 17.6 Å². The molecule has 0 aliphatic heterocycles. The van der Waals surface area contributed by atoms with Gasteiger partial charge < -0.3 is 9.47 Å². The van der Waals surface area contributed by atoms with E-state index in [1.54, 1.807) is 12.1 Å². The molecular formula is C25H28FN5O5S. The Morgan fingerprint density at radius 1 is 1.19 bits per heavy atom. The van der Waals surface area contributed by atoms with Crippen LogP contribution in [0.5, 0.6) is 5.75 Å². The second-order valence-corrected chi connectivity index (χ2v) is 11.8.